The van der Waals surface area contributed by atoms with Gasteiger partial charge in [-0.3, -0.25) is 9.69 Å². The fraction of sp³-hybridized carbons (Fsp3) is 0.391. The summed E-state index contributed by atoms with van der Waals surface area (Å²) in [4.78, 5) is 13.9. The van der Waals surface area contributed by atoms with E-state index in [-0.39, 0.29) is 22.4 Å². The van der Waals surface area contributed by atoms with Crippen molar-refractivity contribution in [3.05, 3.63) is 65.2 Å². The van der Waals surface area contributed by atoms with E-state index in [4.69, 9.17) is 5.73 Å². The van der Waals surface area contributed by atoms with Gasteiger partial charge in [-0.25, -0.2) is 0 Å². The van der Waals surface area contributed by atoms with Gasteiger partial charge in [0, 0.05) is 5.56 Å². The van der Waals surface area contributed by atoms with Crippen molar-refractivity contribution in [2.24, 2.45) is 5.73 Å². The predicted octanol–water partition coefficient (Wildman–Crippen LogP) is 3.38. The van der Waals surface area contributed by atoms with E-state index in [1.807, 2.05) is 18.2 Å². The highest BCUT2D eigenvalue weighted by atomic mass is 32.2. The van der Waals surface area contributed by atoms with Gasteiger partial charge in [-0.2, -0.15) is 8.42 Å². The number of carbonyl (C=O) groups is 1. The van der Waals surface area contributed by atoms with E-state index in [0.717, 1.165) is 18.4 Å². The Morgan fingerprint density at radius 1 is 0.966 bits per heavy atom. The van der Waals surface area contributed by atoms with Gasteiger partial charge in [0.1, 0.15) is 0 Å². The van der Waals surface area contributed by atoms with Gasteiger partial charge >= 0.3 is 0 Å². The number of hydrogen-bond donors (Lipinski definition) is 1. The quantitative estimate of drug-likeness (QED) is 0.784. The van der Waals surface area contributed by atoms with Gasteiger partial charge in [0.15, 0.2) is 4.99 Å². The molecular formula is C23H28N2O3S. The predicted molar refractivity (Wildman–Crippen MR) is 118 cm³/mol. The summed E-state index contributed by atoms with van der Waals surface area (Å²) in [6.07, 6.45) is 2.09. The standard InChI is InChI=1S/C23H28N2O3S/c1-22(2)12-13-23(3,4)19-14-17(10-11-18(19)22)25(20(26)15-24)21(29(27)28)16-8-6-5-7-9-16/h5-11,14H,12-13,15,24H2,1-4H3. The molecule has 29 heavy (non-hydrogen) atoms. The number of amides is 1. The topological polar surface area (TPSA) is 80.5 Å². The van der Waals surface area contributed by atoms with Crippen LogP contribution in [-0.2, 0) is 25.9 Å². The molecule has 0 spiro atoms. The van der Waals surface area contributed by atoms with Gasteiger partial charge in [-0.1, -0.05) is 64.1 Å². The molecule has 3 rings (SSSR count). The summed E-state index contributed by atoms with van der Waals surface area (Å²) in [5.74, 6) is -0.471. The molecule has 2 N–H and O–H groups in total. The fourth-order valence-electron chi connectivity index (χ4n) is 4.06. The van der Waals surface area contributed by atoms with E-state index in [1.54, 1.807) is 30.3 Å². The van der Waals surface area contributed by atoms with Gasteiger partial charge < -0.3 is 5.73 Å². The van der Waals surface area contributed by atoms with Crippen molar-refractivity contribution in [2.75, 3.05) is 11.4 Å². The van der Waals surface area contributed by atoms with E-state index >= 15 is 0 Å². The lowest BCUT2D eigenvalue weighted by Crippen LogP contribution is -2.42. The van der Waals surface area contributed by atoms with Gasteiger partial charge in [-0.15, -0.1) is 0 Å². The molecule has 0 radical (unpaired) electrons. The van der Waals surface area contributed by atoms with Gasteiger partial charge in [0.05, 0.1) is 12.2 Å². The SMILES string of the molecule is CC1(C)CCC(C)(C)c2cc(N(C(=O)CN)C(c3ccccc3)=S(=O)=O)ccc21. The molecule has 0 atom stereocenters. The molecule has 0 bridgehead atoms. The number of nitrogens with two attached hydrogens (primary N) is 1. The average Bonchev–Trinajstić information content (AvgIpc) is 2.69. The van der Waals surface area contributed by atoms with E-state index in [0.29, 0.717) is 11.3 Å². The second-order valence-electron chi connectivity index (χ2n) is 8.84. The van der Waals surface area contributed by atoms with Crippen molar-refractivity contribution in [1.82, 2.24) is 0 Å². The number of fused-ring (bicyclic) bond motifs is 1. The highest BCUT2D eigenvalue weighted by molar-refractivity contribution is 7.73. The molecule has 1 aliphatic carbocycles. The maximum atomic E-state index is 12.8. The van der Waals surface area contributed by atoms with Gasteiger partial charge in [-0.05, 0) is 46.9 Å². The minimum absolute atomic E-state index is 0.0272. The Kier molecular flexibility index (Phi) is 5.70. The van der Waals surface area contributed by atoms with Crippen molar-refractivity contribution in [3.8, 4) is 0 Å². The summed E-state index contributed by atoms with van der Waals surface area (Å²) in [6.45, 7) is 8.52. The Morgan fingerprint density at radius 3 is 2.10 bits per heavy atom. The molecule has 0 fully saturated rings. The van der Waals surface area contributed by atoms with Gasteiger partial charge in [0.25, 0.3) is 0 Å². The van der Waals surface area contributed by atoms with Crippen LogP contribution in [0.15, 0.2) is 48.5 Å². The second-order valence-corrected chi connectivity index (χ2v) is 9.69. The smallest absolute Gasteiger partial charge is 0.246 e. The zero-order valence-corrected chi connectivity index (χ0v) is 18.2. The van der Waals surface area contributed by atoms with E-state index < -0.39 is 16.2 Å². The summed E-state index contributed by atoms with van der Waals surface area (Å²) < 4.78 is 24.4. The Morgan fingerprint density at radius 2 is 1.55 bits per heavy atom. The highest BCUT2D eigenvalue weighted by Crippen LogP contribution is 2.46. The Balaban J connectivity index is 2.25. The monoisotopic (exact) mass is 412 g/mol. The van der Waals surface area contributed by atoms with Crippen LogP contribution in [0.1, 0.15) is 57.2 Å². The second kappa shape index (κ2) is 7.76. The average molecular weight is 413 g/mol. The van der Waals surface area contributed by atoms with Crippen molar-refractivity contribution < 1.29 is 13.2 Å². The first-order valence-corrected chi connectivity index (χ1v) is 10.9. The normalized spacial score (nSPS) is 16.6. The molecule has 2 aromatic carbocycles. The van der Waals surface area contributed by atoms with Crippen LogP contribution in [-0.4, -0.2) is 25.9 Å². The maximum absolute atomic E-state index is 12.8. The van der Waals surface area contributed by atoms with E-state index in [9.17, 15) is 13.2 Å². The van der Waals surface area contributed by atoms with Crippen LogP contribution in [0.5, 0.6) is 0 Å². The lowest BCUT2D eigenvalue weighted by atomic mass is 9.63. The van der Waals surface area contributed by atoms with Crippen molar-refractivity contribution >= 4 is 26.9 Å². The summed E-state index contributed by atoms with van der Waals surface area (Å²) >= 11 is 0. The number of nitrogens with zero attached hydrogens (tertiary/aromatic N) is 1. The molecule has 154 valence electrons. The van der Waals surface area contributed by atoms with Crippen LogP contribution in [0.2, 0.25) is 0 Å². The van der Waals surface area contributed by atoms with Crippen LogP contribution >= 0.6 is 0 Å². The molecule has 6 heteroatoms. The number of rotatable bonds is 3. The molecule has 5 nitrogen and oxygen atoms in total. The number of carbonyl (C=O) groups excluding carboxylic acids is 1. The Bertz CT molecular complexity index is 1060. The molecule has 0 unspecified atom stereocenters. The first kappa shape index (κ1) is 21.3. The lowest BCUT2D eigenvalue weighted by molar-refractivity contribution is -0.116. The zero-order chi connectivity index (χ0) is 21.4. The zero-order valence-electron chi connectivity index (χ0n) is 17.4. The van der Waals surface area contributed by atoms with Crippen LogP contribution in [0, 0.1) is 0 Å². The minimum Gasteiger partial charge on any atom is -0.322 e. The maximum Gasteiger partial charge on any atom is 0.246 e. The highest BCUT2D eigenvalue weighted by Gasteiger charge is 2.37. The minimum atomic E-state index is -2.63. The largest absolute Gasteiger partial charge is 0.322 e. The third-order valence-corrected chi connectivity index (χ3v) is 6.63. The number of hydrogen-bond acceptors (Lipinski definition) is 4. The summed E-state index contributed by atoms with van der Waals surface area (Å²) in [5, 5.41) is 0. The summed E-state index contributed by atoms with van der Waals surface area (Å²) in [6, 6.07) is 14.4. The van der Waals surface area contributed by atoms with Crippen molar-refractivity contribution in [3.63, 3.8) is 0 Å². The van der Waals surface area contributed by atoms with Crippen LogP contribution < -0.4 is 10.6 Å². The molecule has 1 amide bonds. The van der Waals surface area contributed by atoms with Crippen molar-refractivity contribution in [2.45, 2.75) is 51.4 Å². The number of benzene rings is 2. The van der Waals surface area contributed by atoms with E-state index in [1.165, 1.54) is 10.5 Å². The Labute approximate surface area is 174 Å². The first-order chi connectivity index (χ1) is 13.6. The summed E-state index contributed by atoms with van der Waals surface area (Å²) in [5.41, 5.74) is 8.96. The third-order valence-electron chi connectivity index (χ3n) is 5.90. The molecule has 0 saturated carbocycles. The summed E-state index contributed by atoms with van der Waals surface area (Å²) in [7, 11) is -2.63. The Hall–Kier alpha value is -2.44. The third kappa shape index (κ3) is 4.00. The first-order valence-electron chi connectivity index (χ1n) is 9.78. The molecule has 0 saturated heterocycles. The molecular weight excluding hydrogens is 384 g/mol. The van der Waals surface area contributed by atoms with Crippen LogP contribution in [0.3, 0.4) is 0 Å². The van der Waals surface area contributed by atoms with Crippen LogP contribution in [0.25, 0.3) is 0 Å². The van der Waals surface area contributed by atoms with E-state index in [2.05, 4.69) is 27.7 Å². The molecule has 2 aromatic rings. The molecule has 0 heterocycles. The fourth-order valence-corrected chi connectivity index (χ4v) is 4.75. The van der Waals surface area contributed by atoms with Crippen LogP contribution in [0.4, 0.5) is 5.69 Å². The van der Waals surface area contributed by atoms with Crippen molar-refractivity contribution in [1.29, 1.82) is 0 Å². The molecule has 1 aliphatic rings. The molecule has 0 aromatic heterocycles. The lowest BCUT2D eigenvalue weighted by Gasteiger charge is -2.42. The molecule has 0 aliphatic heterocycles. The van der Waals surface area contributed by atoms with Gasteiger partial charge in [0.2, 0.25) is 16.2 Å². The number of anilines is 1.